The van der Waals surface area contributed by atoms with Crippen LogP contribution in [0, 0.1) is 5.92 Å². The molecule has 1 amide bonds. The molecule has 2 unspecified atom stereocenters. The molecule has 3 N–H and O–H groups in total. The minimum absolute atomic E-state index is 0.326. The van der Waals surface area contributed by atoms with Gasteiger partial charge in [0.1, 0.15) is 12.4 Å². The van der Waals surface area contributed by atoms with E-state index in [1.807, 2.05) is 6.07 Å². The summed E-state index contributed by atoms with van der Waals surface area (Å²) >= 11 is 0. The van der Waals surface area contributed by atoms with Crippen molar-refractivity contribution in [1.82, 2.24) is 5.43 Å². The lowest BCUT2D eigenvalue weighted by molar-refractivity contribution is 0.00196. The van der Waals surface area contributed by atoms with Crippen molar-refractivity contribution in [2.24, 2.45) is 11.8 Å². The third-order valence-corrected chi connectivity index (χ3v) is 3.82. The maximum atomic E-state index is 11.4. The quantitative estimate of drug-likeness (QED) is 0.365. The van der Waals surface area contributed by atoms with E-state index < -0.39 is 0 Å². The van der Waals surface area contributed by atoms with Crippen LogP contribution in [0.3, 0.4) is 0 Å². The number of hydrogen-bond acceptors (Lipinski definition) is 4. The number of hydrogen-bond donors (Lipinski definition) is 2. The Hall–Kier alpha value is -1.59. The van der Waals surface area contributed by atoms with Crippen LogP contribution in [0.25, 0.3) is 0 Å². The van der Waals surface area contributed by atoms with E-state index in [2.05, 4.69) is 12.3 Å². The number of carbonyl (C=O) groups excluding carboxylic acids is 1. The van der Waals surface area contributed by atoms with Crippen LogP contribution in [0.2, 0.25) is 0 Å². The molecule has 21 heavy (non-hydrogen) atoms. The Morgan fingerprint density at radius 1 is 1.38 bits per heavy atom. The Labute approximate surface area is 125 Å². The van der Waals surface area contributed by atoms with Crippen molar-refractivity contribution >= 4 is 5.91 Å². The summed E-state index contributed by atoms with van der Waals surface area (Å²) in [5.41, 5.74) is 2.59. The molecule has 0 aliphatic heterocycles. The third kappa shape index (κ3) is 5.02. The Bertz CT molecular complexity index is 465. The maximum absolute atomic E-state index is 11.4. The summed E-state index contributed by atoms with van der Waals surface area (Å²) in [5.74, 6) is 6.19. The van der Waals surface area contributed by atoms with Crippen molar-refractivity contribution in [3.8, 4) is 5.75 Å². The molecule has 5 heteroatoms. The second kappa shape index (κ2) is 8.00. The fourth-order valence-electron chi connectivity index (χ4n) is 2.71. The molecule has 1 saturated carbocycles. The third-order valence-electron chi connectivity index (χ3n) is 3.82. The summed E-state index contributed by atoms with van der Waals surface area (Å²) in [6.07, 6.45) is 5.23. The van der Waals surface area contributed by atoms with Gasteiger partial charge in [-0.05, 0) is 37.0 Å². The van der Waals surface area contributed by atoms with Crippen molar-refractivity contribution in [2.45, 2.75) is 38.7 Å². The number of nitrogens with one attached hydrogen (secondary N) is 1. The second-order valence-corrected chi connectivity index (χ2v) is 5.61. The number of nitrogen functional groups attached to an aromatic ring is 1. The summed E-state index contributed by atoms with van der Waals surface area (Å²) in [7, 11) is 0. The van der Waals surface area contributed by atoms with E-state index in [-0.39, 0.29) is 5.91 Å². The van der Waals surface area contributed by atoms with Crippen LogP contribution in [0.4, 0.5) is 0 Å². The van der Waals surface area contributed by atoms with E-state index in [0.717, 1.165) is 18.8 Å². The molecule has 0 bridgehead atoms. The van der Waals surface area contributed by atoms with Gasteiger partial charge in [0.05, 0.1) is 12.7 Å². The molecule has 1 aliphatic carbocycles. The first kappa shape index (κ1) is 15.8. The molecule has 0 heterocycles. The normalized spacial score (nSPS) is 21.8. The van der Waals surface area contributed by atoms with Crippen LogP contribution in [-0.2, 0) is 4.74 Å². The highest BCUT2D eigenvalue weighted by molar-refractivity contribution is 5.94. The molecule has 116 valence electrons. The summed E-state index contributed by atoms with van der Waals surface area (Å²) < 4.78 is 11.5. The van der Waals surface area contributed by atoms with Crippen molar-refractivity contribution < 1.29 is 14.3 Å². The van der Waals surface area contributed by atoms with E-state index in [0.29, 0.717) is 30.6 Å². The summed E-state index contributed by atoms with van der Waals surface area (Å²) in [6.45, 7) is 3.34. The lowest BCUT2D eigenvalue weighted by Crippen LogP contribution is -2.29. The molecule has 0 saturated heterocycles. The number of nitrogens with two attached hydrogens (primary N) is 1. The van der Waals surface area contributed by atoms with Gasteiger partial charge in [-0.2, -0.15) is 0 Å². The fraction of sp³-hybridized carbons (Fsp3) is 0.562. The minimum Gasteiger partial charge on any atom is -0.491 e. The van der Waals surface area contributed by atoms with E-state index in [1.54, 1.807) is 18.2 Å². The number of carbonyl (C=O) groups is 1. The predicted octanol–water partition coefficient (Wildman–Crippen LogP) is 2.26. The summed E-state index contributed by atoms with van der Waals surface area (Å²) in [6, 6.07) is 6.94. The van der Waals surface area contributed by atoms with Crippen molar-refractivity contribution in [1.29, 1.82) is 0 Å². The number of benzene rings is 1. The van der Waals surface area contributed by atoms with Gasteiger partial charge in [0.2, 0.25) is 0 Å². The van der Waals surface area contributed by atoms with Gasteiger partial charge in [0, 0.05) is 5.56 Å². The fourth-order valence-corrected chi connectivity index (χ4v) is 2.71. The van der Waals surface area contributed by atoms with Crippen LogP contribution >= 0.6 is 0 Å². The number of amides is 1. The van der Waals surface area contributed by atoms with Gasteiger partial charge in [0.15, 0.2) is 0 Å². The number of hydrazine groups is 1. The van der Waals surface area contributed by atoms with Gasteiger partial charge in [0.25, 0.3) is 5.91 Å². The first-order valence-electron chi connectivity index (χ1n) is 7.54. The van der Waals surface area contributed by atoms with E-state index in [4.69, 9.17) is 15.3 Å². The molecule has 1 aliphatic rings. The molecular formula is C16H24N2O3. The van der Waals surface area contributed by atoms with Crippen molar-refractivity contribution in [3.05, 3.63) is 29.8 Å². The van der Waals surface area contributed by atoms with Gasteiger partial charge in [-0.3, -0.25) is 10.2 Å². The molecule has 0 spiro atoms. The SMILES string of the molecule is CC1CCCC(OCCOc2cccc(C(=O)NN)c2)C1. The zero-order valence-electron chi connectivity index (χ0n) is 12.5. The van der Waals surface area contributed by atoms with E-state index >= 15 is 0 Å². The van der Waals surface area contributed by atoms with Crippen LogP contribution in [-0.4, -0.2) is 25.2 Å². The highest BCUT2D eigenvalue weighted by atomic mass is 16.5. The largest absolute Gasteiger partial charge is 0.491 e. The molecule has 1 fully saturated rings. The topological polar surface area (TPSA) is 73.6 Å². The van der Waals surface area contributed by atoms with Gasteiger partial charge in [-0.15, -0.1) is 0 Å². The average Bonchev–Trinajstić information content (AvgIpc) is 2.51. The molecule has 0 aromatic heterocycles. The Morgan fingerprint density at radius 3 is 3.00 bits per heavy atom. The minimum atomic E-state index is -0.326. The van der Waals surface area contributed by atoms with Crippen molar-refractivity contribution in [3.63, 3.8) is 0 Å². The smallest absolute Gasteiger partial charge is 0.265 e. The van der Waals surface area contributed by atoms with Crippen molar-refractivity contribution in [2.75, 3.05) is 13.2 Å². The van der Waals surface area contributed by atoms with E-state index in [1.165, 1.54) is 12.8 Å². The zero-order chi connectivity index (χ0) is 15.1. The van der Waals surface area contributed by atoms with Crippen LogP contribution < -0.4 is 16.0 Å². The lowest BCUT2D eigenvalue weighted by Gasteiger charge is -2.26. The zero-order valence-corrected chi connectivity index (χ0v) is 12.5. The van der Waals surface area contributed by atoms with E-state index in [9.17, 15) is 4.79 Å². The standard InChI is InChI=1S/C16H24N2O3/c1-12-4-2-6-14(10-12)20-8-9-21-15-7-3-5-13(11-15)16(19)18-17/h3,5,7,11-12,14H,2,4,6,8-10,17H2,1H3,(H,18,19). The average molecular weight is 292 g/mol. The molecule has 0 radical (unpaired) electrons. The highest BCUT2D eigenvalue weighted by Crippen LogP contribution is 2.25. The van der Waals surface area contributed by atoms with Gasteiger partial charge in [-0.25, -0.2) is 5.84 Å². The monoisotopic (exact) mass is 292 g/mol. The predicted molar refractivity (Wildman–Crippen MR) is 81.0 cm³/mol. The van der Waals surface area contributed by atoms with Crippen LogP contribution in [0.1, 0.15) is 43.0 Å². The highest BCUT2D eigenvalue weighted by Gasteiger charge is 2.18. The van der Waals surface area contributed by atoms with Gasteiger partial charge < -0.3 is 9.47 Å². The Balaban J connectivity index is 1.72. The van der Waals surface area contributed by atoms with Gasteiger partial charge in [-0.1, -0.05) is 25.8 Å². The Morgan fingerprint density at radius 2 is 2.24 bits per heavy atom. The van der Waals surface area contributed by atoms with Crippen LogP contribution in [0.5, 0.6) is 5.75 Å². The first-order chi connectivity index (χ1) is 10.2. The maximum Gasteiger partial charge on any atom is 0.265 e. The molecular weight excluding hydrogens is 268 g/mol. The molecule has 1 aromatic carbocycles. The summed E-state index contributed by atoms with van der Waals surface area (Å²) in [4.78, 5) is 11.4. The molecule has 5 nitrogen and oxygen atoms in total. The number of ether oxygens (including phenoxy) is 2. The Kier molecular flexibility index (Phi) is 6.02. The molecule has 2 rings (SSSR count). The van der Waals surface area contributed by atoms with Crippen LogP contribution in [0.15, 0.2) is 24.3 Å². The second-order valence-electron chi connectivity index (χ2n) is 5.61. The molecule has 2 atom stereocenters. The van der Waals surface area contributed by atoms with Gasteiger partial charge >= 0.3 is 0 Å². The number of rotatable bonds is 6. The lowest BCUT2D eigenvalue weighted by atomic mass is 9.89. The first-order valence-corrected chi connectivity index (χ1v) is 7.54. The molecule has 1 aromatic rings. The summed E-state index contributed by atoms with van der Waals surface area (Å²) in [5, 5.41) is 0.